The number of aromatic nitrogens is 1. The van der Waals surface area contributed by atoms with Crippen molar-refractivity contribution in [2.24, 2.45) is 0 Å². The molecule has 0 N–H and O–H groups in total. The van der Waals surface area contributed by atoms with Crippen LogP contribution in [-0.4, -0.2) is 10.8 Å². The molecule has 1 saturated carbocycles. The second-order valence-electron chi connectivity index (χ2n) is 5.65. The maximum atomic E-state index is 12.8. The van der Waals surface area contributed by atoms with Gasteiger partial charge in [-0.05, 0) is 32.3 Å². The Morgan fingerprint density at radius 3 is 2.45 bits per heavy atom. The molecule has 0 spiro atoms. The zero-order valence-electron chi connectivity index (χ0n) is 12.0. The Hall–Kier alpha value is -1.48. The summed E-state index contributed by atoms with van der Waals surface area (Å²) in [5.41, 5.74) is 2.00. The Kier molecular flexibility index (Phi) is 3.47. The minimum Gasteiger partial charge on any atom is -0.298 e. The molecule has 0 atom stereocenters. The molecule has 0 aliphatic heterocycles. The van der Waals surface area contributed by atoms with E-state index < -0.39 is 0 Å². The minimum atomic E-state index is -0.241. The van der Waals surface area contributed by atoms with Gasteiger partial charge in [0.25, 0.3) is 0 Å². The molecule has 2 nitrogen and oxygen atoms in total. The molecule has 0 amide bonds. The Bertz CT molecular complexity index is 606. The Labute approximate surface area is 123 Å². The van der Waals surface area contributed by atoms with Crippen molar-refractivity contribution in [3.05, 3.63) is 51.5 Å². The predicted molar refractivity (Wildman–Crippen MR) is 82.3 cm³/mol. The zero-order chi connectivity index (χ0) is 14.2. The van der Waals surface area contributed by atoms with E-state index in [-0.39, 0.29) is 5.41 Å². The number of nitrogens with zero attached hydrogens (tertiary/aromatic N) is 1. The normalized spacial score (nSPS) is 16.7. The van der Waals surface area contributed by atoms with Gasteiger partial charge in [0.2, 0.25) is 0 Å². The summed E-state index contributed by atoms with van der Waals surface area (Å²) in [7, 11) is 0. The average molecular weight is 285 g/mol. The van der Waals surface area contributed by atoms with Crippen molar-refractivity contribution in [1.82, 2.24) is 4.98 Å². The Morgan fingerprint density at radius 2 is 1.95 bits per heavy atom. The van der Waals surface area contributed by atoms with Crippen molar-refractivity contribution in [3.63, 3.8) is 0 Å². The van der Waals surface area contributed by atoms with Crippen molar-refractivity contribution in [1.29, 1.82) is 0 Å². The first-order chi connectivity index (χ1) is 9.62. The Balaban J connectivity index is 1.85. The standard InChI is InChI=1S/C17H19NOS/c1-12-13(2)20-16(18-12)11-15(19)17(9-6-10-17)14-7-4-3-5-8-14/h3-5,7-8H,6,9-11H2,1-2H3. The van der Waals surface area contributed by atoms with E-state index in [9.17, 15) is 4.79 Å². The molecule has 1 aromatic carbocycles. The lowest BCUT2D eigenvalue weighted by molar-refractivity contribution is -0.127. The number of ketones is 1. The van der Waals surface area contributed by atoms with Gasteiger partial charge in [0.05, 0.1) is 17.5 Å². The topological polar surface area (TPSA) is 30.0 Å². The number of aryl methyl sites for hydroxylation is 2. The van der Waals surface area contributed by atoms with Crippen LogP contribution in [0.1, 0.15) is 40.4 Å². The van der Waals surface area contributed by atoms with E-state index >= 15 is 0 Å². The molecule has 0 radical (unpaired) electrons. The number of thiazole rings is 1. The minimum absolute atomic E-state index is 0.241. The molecule has 1 fully saturated rings. The highest BCUT2D eigenvalue weighted by molar-refractivity contribution is 7.11. The van der Waals surface area contributed by atoms with Gasteiger partial charge in [-0.2, -0.15) is 0 Å². The summed E-state index contributed by atoms with van der Waals surface area (Å²) in [6.07, 6.45) is 3.60. The predicted octanol–water partition coefficient (Wildman–Crippen LogP) is 3.99. The highest BCUT2D eigenvalue weighted by atomic mass is 32.1. The van der Waals surface area contributed by atoms with Gasteiger partial charge in [-0.3, -0.25) is 4.79 Å². The number of benzene rings is 1. The molecule has 1 aliphatic carbocycles. The molecule has 2 aromatic rings. The molecular formula is C17H19NOS. The van der Waals surface area contributed by atoms with Gasteiger partial charge in [-0.25, -0.2) is 4.98 Å². The van der Waals surface area contributed by atoms with Gasteiger partial charge in [0.1, 0.15) is 10.8 Å². The molecule has 1 heterocycles. The smallest absolute Gasteiger partial charge is 0.150 e. The third-order valence-electron chi connectivity index (χ3n) is 4.45. The highest BCUT2D eigenvalue weighted by Gasteiger charge is 2.44. The van der Waals surface area contributed by atoms with E-state index in [2.05, 4.69) is 24.0 Å². The van der Waals surface area contributed by atoms with Crippen LogP contribution in [0.25, 0.3) is 0 Å². The molecule has 3 rings (SSSR count). The SMILES string of the molecule is Cc1nc(CC(=O)C2(c3ccccc3)CCC2)sc1C. The summed E-state index contributed by atoms with van der Waals surface area (Å²) in [5.74, 6) is 0.337. The summed E-state index contributed by atoms with van der Waals surface area (Å²) in [6, 6.07) is 10.2. The fraction of sp³-hybridized carbons (Fsp3) is 0.412. The first kappa shape index (κ1) is 13.5. The van der Waals surface area contributed by atoms with Gasteiger partial charge in [0, 0.05) is 4.88 Å². The zero-order valence-corrected chi connectivity index (χ0v) is 12.8. The number of carbonyl (C=O) groups is 1. The second kappa shape index (κ2) is 5.13. The number of hydrogen-bond donors (Lipinski definition) is 0. The summed E-state index contributed by atoms with van der Waals surface area (Å²) < 4.78 is 0. The fourth-order valence-electron chi connectivity index (χ4n) is 2.94. The van der Waals surface area contributed by atoms with E-state index in [1.54, 1.807) is 11.3 Å². The van der Waals surface area contributed by atoms with Crippen LogP contribution in [0.4, 0.5) is 0 Å². The van der Waals surface area contributed by atoms with Gasteiger partial charge < -0.3 is 0 Å². The number of rotatable bonds is 4. The monoisotopic (exact) mass is 285 g/mol. The van der Waals surface area contributed by atoms with Crippen LogP contribution in [0.15, 0.2) is 30.3 Å². The maximum absolute atomic E-state index is 12.8. The van der Waals surface area contributed by atoms with Crippen LogP contribution in [0, 0.1) is 13.8 Å². The molecular weight excluding hydrogens is 266 g/mol. The summed E-state index contributed by atoms with van der Waals surface area (Å²) in [4.78, 5) is 18.5. The fourth-order valence-corrected chi connectivity index (χ4v) is 3.87. The second-order valence-corrected chi connectivity index (χ2v) is 6.94. The lowest BCUT2D eigenvalue weighted by atomic mass is 9.61. The first-order valence-corrected chi connectivity index (χ1v) is 7.95. The first-order valence-electron chi connectivity index (χ1n) is 7.13. The third-order valence-corrected chi connectivity index (χ3v) is 5.52. The van der Waals surface area contributed by atoms with E-state index in [1.165, 1.54) is 10.4 Å². The molecule has 1 aromatic heterocycles. The van der Waals surface area contributed by atoms with Crippen LogP contribution in [-0.2, 0) is 16.6 Å². The van der Waals surface area contributed by atoms with Gasteiger partial charge >= 0.3 is 0 Å². The lowest BCUT2D eigenvalue weighted by Crippen LogP contribution is -2.43. The van der Waals surface area contributed by atoms with E-state index in [4.69, 9.17) is 0 Å². The number of Topliss-reactive ketones (excluding diaryl/α,β-unsaturated/α-hetero) is 1. The highest BCUT2D eigenvalue weighted by Crippen LogP contribution is 2.45. The van der Waals surface area contributed by atoms with Crippen LogP contribution >= 0.6 is 11.3 Å². The van der Waals surface area contributed by atoms with Crippen molar-refractivity contribution < 1.29 is 4.79 Å². The number of carbonyl (C=O) groups excluding carboxylic acids is 1. The molecule has 20 heavy (non-hydrogen) atoms. The maximum Gasteiger partial charge on any atom is 0.150 e. The average Bonchev–Trinajstić information content (AvgIpc) is 2.68. The molecule has 0 unspecified atom stereocenters. The van der Waals surface area contributed by atoms with Crippen LogP contribution in [0.2, 0.25) is 0 Å². The summed E-state index contributed by atoms with van der Waals surface area (Å²) in [6.45, 7) is 4.08. The quantitative estimate of drug-likeness (QED) is 0.850. The van der Waals surface area contributed by atoms with Crippen molar-refractivity contribution in [2.45, 2.75) is 44.9 Å². The lowest BCUT2D eigenvalue weighted by Gasteiger charge is -2.40. The van der Waals surface area contributed by atoms with Crippen molar-refractivity contribution >= 4 is 17.1 Å². The van der Waals surface area contributed by atoms with E-state index in [0.717, 1.165) is 30.0 Å². The molecule has 1 aliphatic rings. The van der Waals surface area contributed by atoms with E-state index in [0.29, 0.717) is 12.2 Å². The summed E-state index contributed by atoms with van der Waals surface area (Å²) >= 11 is 1.66. The number of hydrogen-bond acceptors (Lipinski definition) is 3. The Morgan fingerprint density at radius 1 is 1.25 bits per heavy atom. The van der Waals surface area contributed by atoms with Crippen molar-refractivity contribution in [2.75, 3.05) is 0 Å². The van der Waals surface area contributed by atoms with Crippen molar-refractivity contribution in [3.8, 4) is 0 Å². The third kappa shape index (κ3) is 2.20. The molecule has 0 bridgehead atoms. The van der Waals surface area contributed by atoms with Crippen LogP contribution in [0.5, 0.6) is 0 Å². The van der Waals surface area contributed by atoms with Gasteiger partial charge in [-0.1, -0.05) is 36.8 Å². The van der Waals surface area contributed by atoms with Gasteiger partial charge in [0.15, 0.2) is 0 Å². The van der Waals surface area contributed by atoms with Crippen LogP contribution in [0.3, 0.4) is 0 Å². The molecule has 104 valence electrons. The molecule has 3 heteroatoms. The molecule has 0 saturated heterocycles. The van der Waals surface area contributed by atoms with E-state index in [1.807, 2.05) is 25.1 Å². The van der Waals surface area contributed by atoms with Gasteiger partial charge in [-0.15, -0.1) is 11.3 Å². The summed E-state index contributed by atoms with van der Waals surface area (Å²) in [5, 5.41) is 0.965. The largest absolute Gasteiger partial charge is 0.298 e. The van der Waals surface area contributed by atoms with Crippen LogP contribution < -0.4 is 0 Å².